The van der Waals surface area contributed by atoms with Gasteiger partial charge in [0, 0.05) is 17.0 Å². The van der Waals surface area contributed by atoms with E-state index >= 15 is 0 Å². The van der Waals surface area contributed by atoms with Gasteiger partial charge in [-0.25, -0.2) is 0 Å². The fraction of sp³-hybridized carbons (Fsp3) is 0.411. The van der Waals surface area contributed by atoms with Gasteiger partial charge in [0.1, 0.15) is 6.17 Å². The van der Waals surface area contributed by atoms with Gasteiger partial charge in [0.05, 0.1) is 5.71 Å². The molecule has 1 aromatic carbocycles. The molecule has 0 saturated heterocycles. The molecule has 8 atom stereocenters. The van der Waals surface area contributed by atoms with Crippen LogP contribution in [-0.2, 0) is 0 Å². The Morgan fingerprint density at radius 3 is 2.41 bits per heavy atom. The van der Waals surface area contributed by atoms with E-state index < -0.39 is 0 Å². The highest BCUT2D eigenvalue weighted by Gasteiger charge is 2.60. The molecule has 1 N–H and O–H groups in total. The lowest BCUT2D eigenvalue weighted by atomic mass is 9.41. The largest absolute Gasteiger partial charge is 0.363 e. The van der Waals surface area contributed by atoms with Crippen LogP contribution in [0.2, 0.25) is 0 Å². The molecular formula is C56H62N2. The number of rotatable bonds is 7. The molecule has 2 nitrogen and oxygen atoms in total. The van der Waals surface area contributed by atoms with Crippen LogP contribution in [0.25, 0.3) is 5.57 Å². The van der Waals surface area contributed by atoms with Crippen molar-refractivity contribution in [1.82, 2.24) is 5.32 Å². The molecule has 9 aliphatic rings. The van der Waals surface area contributed by atoms with E-state index in [2.05, 4.69) is 159 Å². The zero-order valence-electron chi connectivity index (χ0n) is 34.9. The van der Waals surface area contributed by atoms with Crippen LogP contribution in [0.1, 0.15) is 108 Å². The van der Waals surface area contributed by atoms with Gasteiger partial charge in [-0.3, -0.25) is 4.99 Å². The van der Waals surface area contributed by atoms with E-state index in [9.17, 15) is 0 Å². The Balaban J connectivity index is 1.06. The van der Waals surface area contributed by atoms with Crippen LogP contribution in [-0.4, -0.2) is 11.9 Å². The summed E-state index contributed by atoms with van der Waals surface area (Å²) in [6.45, 7) is 5.21. The Hall–Kier alpha value is -4.69. The molecule has 1 saturated carbocycles. The first-order valence-electron chi connectivity index (χ1n) is 22.9. The highest BCUT2D eigenvalue weighted by atomic mass is 15.1. The molecule has 1 aromatic rings. The van der Waals surface area contributed by atoms with Crippen molar-refractivity contribution in [3.8, 4) is 0 Å². The number of aliphatic imine (C=N–C) groups is 1. The lowest BCUT2D eigenvalue weighted by molar-refractivity contribution is 0.0366. The predicted octanol–water partition coefficient (Wildman–Crippen LogP) is 13.9. The van der Waals surface area contributed by atoms with Crippen LogP contribution in [0.4, 0.5) is 0 Å². The summed E-state index contributed by atoms with van der Waals surface area (Å²) in [7, 11) is 0. The number of nitrogens with zero attached hydrogens (tertiary/aromatic N) is 1. The van der Waals surface area contributed by atoms with Crippen LogP contribution in [0.3, 0.4) is 0 Å². The van der Waals surface area contributed by atoms with Gasteiger partial charge in [0.25, 0.3) is 0 Å². The number of hydrogen-bond donors (Lipinski definition) is 1. The normalized spacial score (nSPS) is 35.2. The fourth-order valence-electron chi connectivity index (χ4n) is 12.8. The van der Waals surface area contributed by atoms with Gasteiger partial charge < -0.3 is 5.32 Å². The molecule has 1 fully saturated rings. The van der Waals surface area contributed by atoms with Gasteiger partial charge in [-0.1, -0.05) is 159 Å². The van der Waals surface area contributed by atoms with Crippen LogP contribution >= 0.6 is 0 Å². The van der Waals surface area contributed by atoms with Gasteiger partial charge in [0.2, 0.25) is 0 Å². The first-order chi connectivity index (χ1) is 28.5. The van der Waals surface area contributed by atoms with E-state index in [4.69, 9.17) is 4.99 Å². The van der Waals surface area contributed by atoms with Crippen molar-refractivity contribution in [2.24, 2.45) is 45.4 Å². The van der Waals surface area contributed by atoms with E-state index in [1.807, 2.05) is 0 Å². The van der Waals surface area contributed by atoms with Gasteiger partial charge in [0.15, 0.2) is 0 Å². The summed E-state index contributed by atoms with van der Waals surface area (Å²) >= 11 is 0. The minimum atomic E-state index is -0.00963. The van der Waals surface area contributed by atoms with Crippen LogP contribution in [0.15, 0.2) is 178 Å². The van der Waals surface area contributed by atoms with Crippen molar-refractivity contribution in [3.63, 3.8) is 0 Å². The maximum Gasteiger partial charge on any atom is 0.126 e. The first-order valence-corrected chi connectivity index (χ1v) is 22.9. The molecule has 2 heteroatoms. The molecule has 0 spiro atoms. The second-order valence-corrected chi connectivity index (χ2v) is 18.9. The van der Waals surface area contributed by atoms with E-state index in [-0.39, 0.29) is 17.0 Å². The van der Waals surface area contributed by atoms with Gasteiger partial charge in [-0.15, -0.1) is 0 Å². The molecule has 0 amide bonds. The Bertz CT molecular complexity index is 2250. The summed E-state index contributed by atoms with van der Waals surface area (Å²) in [5, 5.41) is 4.02. The van der Waals surface area contributed by atoms with Crippen LogP contribution in [0, 0.1) is 40.4 Å². The Kier molecular flexibility index (Phi) is 10.2. The second-order valence-electron chi connectivity index (χ2n) is 18.9. The van der Waals surface area contributed by atoms with Crippen molar-refractivity contribution in [1.29, 1.82) is 0 Å². The summed E-state index contributed by atoms with van der Waals surface area (Å²) in [5.74, 6) is 2.55. The Labute approximate surface area is 348 Å². The van der Waals surface area contributed by atoms with Crippen molar-refractivity contribution in [3.05, 3.63) is 184 Å². The maximum atomic E-state index is 5.43. The minimum Gasteiger partial charge on any atom is -0.363 e. The lowest BCUT2D eigenvalue weighted by Crippen LogP contribution is -2.54. The average molecular weight is 763 g/mol. The molecule has 296 valence electrons. The van der Waals surface area contributed by atoms with E-state index in [0.29, 0.717) is 29.6 Å². The monoisotopic (exact) mass is 762 g/mol. The lowest BCUT2D eigenvalue weighted by Gasteiger charge is -2.63. The summed E-state index contributed by atoms with van der Waals surface area (Å²) in [5.41, 5.74) is 14.4. The minimum absolute atomic E-state index is 0.00963. The highest BCUT2D eigenvalue weighted by molar-refractivity contribution is 6.10. The van der Waals surface area contributed by atoms with E-state index in [1.54, 1.807) is 11.1 Å². The molecule has 10 rings (SSSR count). The van der Waals surface area contributed by atoms with Gasteiger partial charge in [-0.05, 0) is 152 Å². The van der Waals surface area contributed by atoms with Crippen molar-refractivity contribution in [2.45, 2.75) is 103 Å². The van der Waals surface area contributed by atoms with Crippen molar-refractivity contribution < 1.29 is 0 Å². The molecule has 0 radical (unpaired) electrons. The standard InChI is InChI=1S/C56H62N2/c1-39-36-44(33-34-49(39)56(46-23-10-5-11-24-46)50-27-15-12-22-45(50)38-55(2)35-17-16-28-53(55)56)47-25-13-14-26-48(47)52-37-51(57-54(58-52)43-20-8-4-9-21-43)42-31-29-41(30-32-42)40-18-6-3-7-19-40/h4-6,8-10,12-13,15,18-20,22,25,27-34,37,39,43,45-46,50,54,58H,3,7,11,14,16-17,21,23-24,26,35-36,38H2,1-2H3. The molecule has 58 heavy (non-hydrogen) atoms. The summed E-state index contributed by atoms with van der Waals surface area (Å²) in [6, 6.07) is 9.15. The first kappa shape index (κ1) is 37.6. The molecule has 8 unspecified atom stereocenters. The van der Waals surface area contributed by atoms with Crippen molar-refractivity contribution in [2.75, 3.05) is 0 Å². The van der Waals surface area contributed by atoms with E-state index in [0.717, 1.165) is 44.2 Å². The summed E-state index contributed by atoms with van der Waals surface area (Å²) in [6.07, 6.45) is 61.4. The number of fused-ring (bicyclic) bond motifs is 2. The number of hydrogen-bond acceptors (Lipinski definition) is 2. The number of benzene rings is 1. The zero-order chi connectivity index (χ0) is 39.1. The van der Waals surface area contributed by atoms with Crippen LogP contribution in [0.5, 0.6) is 0 Å². The molecular weight excluding hydrogens is 701 g/mol. The molecule has 0 bridgehead atoms. The molecule has 1 heterocycles. The van der Waals surface area contributed by atoms with Gasteiger partial charge >= 0.3 is 0 Å². The predicted molar refractivity (Wildman–Crippen MR) is 245 cm³/mol. The Morgan fingerprint density at radius 1 is 0.759 bits per heavy atom. The molecule has 1 aliphatic heterocycles. The van der Waals surface area contributed by atoms with E-state index in [1.165, 1.54) is 84.1 Å². The molecule has 8 aliphatic carbocycles. The third kappa shape index (κ3) is 6.69. The summed E-state index contributed by atoms with van der Waals surface area (Å²) < 4.78 is 0. The number of nitrogens with one attached hydrogen (secondary N) is 1. The topological polar surface area (TPSA) is 24.4 Å². The van der Waals surface area contributed by atoms with Crippen LogP contribution < -0.4 is 5.32 Å². The highest BCUT2D eigenvalue weighted by Crippen LogP contribution is 2.69. The quantitative estimate of drug-likeness (QED) is 0.275. The smallest absolute Gasteiger partial charge is 0.126 e. The average Bonchev–Trinajstić information content (AvgIpc) is 3.29. The zero-order valence-corrected chi connectivity index (χ0v) is 34.9. The SMILES string of the molecule is CC1CC(C2=C(C3=CC(c4ccc(C5=CCCC=C5)cc4)=NC(C4C=CC=CC4)N3)CCC=C2)=CC=C1C1(C2CC=CCC2)C2=CCCCC2(C)CC2C=CC=CC21. The number of allylic oxidation sites excluding steroid dienone is 24. The maximum absolute atomic E-state index is 5.43. The van der Waals surface area contributed by atoms with Gasteiger partial charge in [-0.2, -0.15) is 0 Å². The summed E-state index contributed by atoms with van der Waals surface area (Å²) in [4.78, 5) is 5.43. The Morgan fingerprint density at radius 2 is 1.60 bits per heavy atom. The third-order valence-corrected chi connectivity index (χ3v) is 15.4. The fourth-order valence-corrected chi connectivity index (χ4v) is 12.8. The second kappa shape index (κ2) is 15.8. The third-order valence-electron chi connectivity index (χ3n) is 15.4. The molecule has 0 aromatic heterocycles. The van der Waals surface area contributed by atoms with Crippen molar-refractivity contribution >= 4 is 11.3 Å².